The lowest BCUT2D eigenvalue weighted by Crippen LogP contribution is -2.40. The lowest BCUT2D eigenvalue weighted by molar-refractivity contribution is -0.119. The molecule has 1 aromatic heterocycles. The van der Waals surface area contributed by atoms with Crippen molar-refractivity contribution in [3.8, 4) is 23.1 Å². The van der Waals surface area contributed by atoms with Gasteiger partial charge in [0.05, 0.1) is 5.69 Å². The van der Waals surface area contributed by atoms with Crippen molar-refractivity contribution in [2.24, 2.45) is 0 Å². The lowest BCUT2D eigenvalue weighted by Gasteiger charge is -2.21. The third kappa shape index (κ3) is 3.73. The SMILES string of the molecule is O=C(CN1C(=O)c2cccnc2Oc2ccc(Cl)cc21)NCc1ccc2c(c1)OCO2. The Hall–Kier alpha value is -3.78. The molecule has 1 N–H and O–H groups in total. The maximum Gasteiger partial charge on any atom is 0.264 e. The predicted molar refractivity (Wildman–Crippen MR) is 112 cm³/mol. The number of fused-ring (bicyclic) bond motifs is 3. The maximum absolute atomic E-state index is 13.2. The summed E-state index contributed by atoms with van der Waals surface area (Å²) in [6.45, 7) is 0.242. The molecular weight excluding hydrogens is 422 g/mol. The van der Waals surface area contributed by atoms with Crippen LogP contribution >= 0.6 is 11.6 Å². The van der Waals surface area contributed by atoms with E-state index in [2.05, 4.69) is 10.3 Å². The average Bonchev–Trinajstić information content (AvgIpc) is 3.21. The highest BCUT2D eigenvalue weighted by Crippen LogP contribution is 2.39. The summed E-state index contributed by atoms with van der Waals surface area (Å²) in [6.07, 6.45) is 1.54. The van der Waals surface area contributed by atoms with E-state index in [0.29, 0.717) is 28.0 Å². The van der Waals surface area contributed by atoms with Gasteiger partial charge in [-0.1, -0.05) is 17.7 Å². The molecule has 2 aliphatic rings. The molecule has 0 fully saturated rings. The fourth-order valence-corrected chi connectivity index (χ4v) is 3.56. The standard InChI is InChI=1S/C22H16ClN3O5/c23-14-4-6-17-16(9-14)26(22(28)15-2-1-7-24-21(15)31-17)11-20(27)25-10-13-3-5-18-19(8-13)30-12-29-18/h1-9H,10-12H2,(H,25,27). The first kappa shape index (κ1) is 19.2. The fraction of sp³-hybridized carbons (Fsp3) is 0.136. The first-order valence-electron chi connectivity index (χ1n) is 9.48. The molecule has 9 heteroatoms. The quantitative estimate of drug-likeness (QED) is 0.671. The van der Waals surface area contributed by atoms with E-state index in [9.17, 15) is 9.59 Å². The van der Waals surface area contributed by atoms with Gasteiger partial charge in [-0.05, 0) is 48.0 Å². The van der Waals surface area contributed by atoms with E-state index in [0.717, 1.165) is 5.56 Å². The first-order valence-corrected chi connectivity index (χ1v) is 9.86. The monoisotopic (exact) mass is 437 g/mol. The largest absolute Gasteiger partial charge is 0.454 e. The summed E-state index contributed by atoms with van der Waals surface area (Å²) in [5.41, 5.74) is 1.51. The summed E-state index contributed by atoms with van der Waals surface area (Å²) in [6, 6.07) is 13.6. The number of ether oxygens (including phenoxy) is 3. The predicted octanol–water partition coefficient (Wildman–Crippen LogP) is 3.53. The average molecular weight is 438 g/mol. The zero-order valence-corrected chi connectivity index (χ0v) is 16.9. The zero-order valence-electron chi connectivity index (χ0n) is 16.1. The number of anilines is 1. The number of nitrogens with zero attached hydrogens (tertiary/aromatic N) is 2. The maximum atomic E-state index is 13.2. The number of rotatable bonds is 4. The van der Waals surface area contributed by atoms with Crippen molar-refractivity contribution in [2.45, 2.75) is 6.54 Å². The fourth-order valence-electron chi connectivity index (χ4n) is 3.39. The van der Waals surface area contributed by atoms with Crippen molar-refractivity contribution in [1.29, 1.82) is 0 Å². The Kier molecular flexibility index (Phi) is 4.83. The molecule has 0 bridgehead atoms. The highest BCUT2D eigenvalue weighted by Gasteiger charge is 2.30. The van der Waals surface area contributed by atoms with Gasteiger partial charge in [0.15, 0.2) is 17.2 Å². The normalized spacial score (nSPS) is 13.7. The second-order valence-electron chi connectivity index (χ2n) is 6.93. The minimum atomic E-state index is -0.401. The lowest BCUT2D eigenvalue weighted by atomic mass is 10.2. The summed E-state index contributed by atoms with van der Waals surface area (Å²) in [7, 11) is 0. The van der Waals surface area contributed by atoms with Crippen LogP contribution in [-0.2, 0) is 11.3 Å². The zero-order chi connectivity index (χ0) is 21.4. The van der Waals surface area contributed by atoms with Crippen LogP contribution in [0.15, 0.2) is 54.7 Å². The highest BCUT2D eigenvalue weighted by atomic mass is 35.5. The molecule has 3 aromatic rings. The molecular formula is C22H16ClN3O5. The minimum Gasteiger partial charge on any atom is -0.454 e. The smallest absolute Gasteiger partial charge is 0.264 e. The second kappa shape index (κ2) is 7.81. The van der Waals surface area contributed by atoms with Gasteiger partial charge in [-0.25, -0.2) is 4.98 Å². The van der Waals surface area contributed by atoms with Crippen LogP contribution in [0.1, 0.15) is 15.9 Å². The van der Waals surface area contributed by atoms with E-state index in [1.165, 1.54) is 11.1 Å². The Labute approximate surface area is 182 Å². The number of halogens is 1. The first-order chi connectivity index (χ1) is 15.1. The molecule has 0 spiro atoms. The molecule has 2 aromatic carbocycles. The molecule has 31 heavy (non-hydrogen) atoms. The van der Waals surface area contributed by atoms with Crippen LogP contribution in [0.25, 0.3) is 0 Å². The number of amides is 2. The summed E-state index contributed by atoms with van der Waals surface area (Å²) in [5, 5.41) is 3.25. The molecule has 0 radical (unpaired) electrons. The van der Waals surface area contributed by atoms with Crippen molar-refractivity contribution in [2.75, 3.05) is 18.2 Å². The third-order valence-corrected chi connectivity index (χ3v) is 5.13. The number of hydrogen-bond donors (Lipinski definition) is 1. The van der Waals surface area contributed by atoms with E-state index in [1.54, 1.807) is 36.4 Å². The van der Waals surface area contributed by atoms with E-state index >= 15 is 0 Å². The molecule has 156 valence electrons. The van der Waals surface area contributed by atoms with E-state index in [-0.39, 0.29) is 37.2 Å². The molecule has 3 heterocycles. The van der Waals surface area contributed by atoms with Crippen LogP contribution in [0, 0.1) is 0 Å². The van der Waals surface area contributed by atoms with Crippen LogP contribution < -0.4 is 24.4 Å². The summed E-state index contributed by atoms with van der Waals surface area (Å²) >= 11 is 6.15. The van der Waals surface area contributed by atoms with Crippen LogP contribution in [0.2, 0.25) is 5.02 Å². The van der Waals surface area contributed by atoms with Crippen LogP contribution in [0.4, 0.5) is 5.69 Å². The number of carbonyl (C=O) groups is 2. The van der Waals surface area contributed by atoms with E-state index < -0.39 is 5.91 Å². The van der Waals surface area contributed by atoms with Gasteiger partial charge >= 0.3 is 0 Å². The second-order valence-corrected chi connectivity index (χ2v) is 7.36. The van der Waals surface area contributed by atoms with Gasteiger partial charge in [-0.2, -0.15) is 0 Å². The van der Waals surface area contributed by atoms with E-state index in [4.69, 9.17) is 25.8 Å². The Morgan fingerprint density at radius 1 is 1.10 bits per heavy atom. The highest BCUT2D eigenvalue weighted by molar-refractivity contribution is 6.31. The summed E-state index contributed by atoms with van der Waals surface area (Å²) in [5.74, 6) is 1.13. The molecule has 2 amide bonds. The Balaban J connectivity index is 1.37. The summed E-state index contributed by atoms with van der Waals surface area (Å²) in [4.78, 5) is 31.4. The molecule has 0 unspecified atom stereocenters. The Morgan fingerprint density at radius 2 is 1.94 bits per heavy atom. The Morgan fingerprint density at radius 3 is 2.84 bits per heavy atom. The van der Waals surface area contributed by atoms with Gasteiger partial charge < -0.3 is 19.5 Å². The van der Waals surface area contributed by atoms with Gasteiger partial charge in [0.25, 0.3) is 5.91 Å². The van der Waals surface area contributed by atoms with Gasteiger partial charge in [0.1, 0.15) is 12.1 Å². The topological polar surface area (TPSA) is 90.0 Å². The molecule has 8 nitrogen and oxygen atoms in total. The molecule has 0 aliphatic carbocycles. The number of pyridine rings is 1. The van der Waals surface area contributed by atoms with Crippen molar-refractivity contribution in [3.05, 3.63) is 70.9 Å². The van der Waals surface area contributed by atoms with Crippen molar-refractivity contribution in [1.82, 2.24) is 10.3 Å². The summed E-state index contributed by atoms with van der Waals surface area (Å²) < 4.78 is 16.5. The molecule has 0 saturated carbocycles. The van der Waals surface area contributed by atoms with Crippen molar-refractivity contribution in [3.63, 3.8) is 0 Å². The van der Waals surface area contributed by atoms with Gasteiger partial charge in [0.2, 0.25) is 18.6 Å². The number of carbonyl (C=O) groups excluding carboxylic acids is 2. The van der Waals surface area contributed by atoms with Gasteiger partial charge in [-0.3, -0.25) is 14.5 Å². The van der Waals surface area contributed by atoms with Crippen LogP contribution in [-0.4, -0.2) is 30.1 Å². The van der Waals surface area contributed by atoms with Crippen LogP contribution in [0.5, 0.6) is 23.1 Å². The van der Waals surface area contributed by atoms with Crippen molar-refractivity contribution < 1.29 is 23.8 Å². The number of nitrogens with one attached hydrogen (secondary N) is 1. The number of benzene rings is 2. The van der Waals surface area contributed by atoms with Gasteiger partial charge in [-0.15, -0.1) is 0 Å². The number of hydrogen-bond acceptors (Lipinski definition) is 6. The van der Waals surface area contributed by atoms with Crippen LogP contribution in [0.3, 0.4) is 0 Å². The molecule has 0 atom stereocenters. The molecule has 5 rings (SSSR count). The number of aromatic nitrogens is 1. The molecule has 2 aliphatic heterocycles. The Bertz CT molecular complexity index is 1200. The van der Waals surface area contributed by atoms with Gasteiger partial charge in [0, 0.05) is 17.8 Å². The molecule has 0 saturated heterocycles. The van der Waals surface area contributed by atoms with Crippen molar-refractivity contribution >= 4 is 29.1 Å². The van der Waals surface area contributed by atoms with E-state index in [1.807, 2.05) is 12.1 Å². The third-order valence-electron chi connectivity index (χ3n) is 4.89. The minimum absolute atomic E-state index is 0.180.